The van der Waals surface area contributed by atoms with E-state index >= 15 is 0 Å². The van der Waals surface area contributed by atoms with Gasteiger partial charge in [-0.05, 0) is 55.7 Å². The van der Waals surface area contributed by atoms with Gasteiger partial charge in [0, 0.05) is 17.6 Å². The Hall–Kier alpha value is -1.09. The lowest BCUT2D eigenvalue weighted by molar-refractivity contribution is 0.145. The van der Waals surface area contributed by atoms with E-state index in [1.165, 1.54) is 25.3 Å². The molecule has 3 unspecified atom stereocenters. The summed E-state index contributed by atoms with van der Waals surface area (Å²) in [5, 5.41) is 3.68. The first-order valence-corrected chi connectivity index (χ1v) is 7.90. The second-order valence-corrected chi connectivity index (χ2v) is 7.38. The van der Waals surface area contributed by atoms with Crippen LogP contribution in [-0.2, 0) is 0 Å². The van der Waals surface area contributed by atoms with Gasteiger partial charge >= 0.3 is 0 Å². The molecule has 1 fully saturated rings. The fourth-order valence-corrected chi connectivity index (χ4v) is 3.96. The standard InChI is InChI=1S/C18H28FNO/c1-12-8-15(11-18(3,4)10-12)20-13(2)16-9-14(19)6-7-17(16)21-5/h6-7,9,12-13,15,20H,8,10-11H2,1-5H3. The summed E-state index contributed by atoms with van der Waals surface area (Å²) < 4.78 is 18.9. The summed E-state index contributed by atoms with van der Waals surface area (Å²) in [6.07, 6.45) is 3.63. The van der Waals surface area contributed by atoms with Crippen molar-refractivity contribution >= 4 is 0 Å². The third-order valence-corrected chi connectivity index (χ3v) is 4.53. The van der Waals surface area contributed by atoms with Crippen molar-refractivity contribution in [3.63, 3.8) is 0 Å². The lowest BCUT2D eigenvalue weighted by Crippen LogP contribution is -2.41. The third kappa shape index (κ3) is 4.19. The quantitative estimate of drug-likeness (QED) is 0.869. The number of benzene rings is 1. The van der Waals surface area contributed by atoms with Crippen LogP contribution in [0.15, 0.2) is 18.2 Å². The Morgan fingerprint density at radius 1 is 1.33 bits per heavy atom. The van der Waals surface area contributed by atoms with Crippen LogP contribution >= 0.6 is 0 Å². The van der Waals surface area contributed by atoms with Crippen molar-refractivity contribution in [1.82, 2.24) is 5.32 Å². The molecule has 0 heterocycles. The van der Waals surface area contributed by atoms with E-state index in [2.05, 4.69) is 33.0 Å². The predicted molar refractivity (Wildman–Crippen MR) is 85.1 cm³/mol. The molecule has 1 aromatic rings. The molecule has 21 heavy (non-hydrogen) atoms. The molecule has 1 saturated carbocycles. The highest BCUT2D eigenvalue weighted by molar-refractivity contribution is 5.36. The van der Waals surface area contributed by atoms with Gasteiger partial charge in [0.1, 0.15) is 11.6 Å². The van der Waals surface area contributed by atoms with Gasteiger partial charge in [0.25, 0.3) is 0 Å². The van der Waals surface area contributed by atoms with Crippen LogP contribution in [0.1, 0.15) is 58.6 Å². The van der Waals surface area contributed by atoms with Crippen LogP contribution in [0.2, 0.25) is 0 Å². The first kappa shape index (κ1) is 16.3. The van der Waals surface area contributed by atoms with E-state index < -0.39 is 0 Å². The van der Waals surface area contributed by atoms with E-state index in [4.69, 9.17) is 4.74 Å². The highest BCUT2D eigenvalue weighted by Crippen LogP contribution is 2.39. The van der Waals surface area contributed by atoms with Crippen molar-refractivity contribution in [2.24, 2.45) is 11.3 Å². The molecule has 1 aliphatic rings. The number of ether oxygens (including phenoxy) is 1. The van der Waals surface area contributed by atoms with Crippen LogP contribution < -0.4 is 10.1 Å². The van der Waals surface area contributed by atoms with Crippen molar-refractivity contribution in [2.75, 3.05) is 7.11 Å². The Kier molecular flexibility index (Phi) is 4.92. The largest absolute Gasteiger partial charge is 0.496 e. The van der Waals surface area contributed by atoms with Gasteiger partial charge in [-0.1, -0.05) is 20.8 Å². The minimum absolute atomic E-state index is 0.0850. The predicted octanol–water partition coefficient (Wildman–Crippen LogP) is 4.70. The Labute approximate surface area is 128 Å². The van der Waals surface area contributed by atoms with Gasteiger partial charge in [-0.2, -0.15) is 0 Å². The van der Waals surface area contributed by atoms with E-state index in [-0.39, 0.29) is 11.9 Å². The molecule has 3 atom stereocenters. The first-order chi connectivity index (χ1) is 9.80. The molecule has 3 heteroatoms. The van der Waals surface area contributed by atoms with Gasteiger partial charge in [-0.15, -0.1) is 0 Å². The maximum absolute atomic E-state index is 13.5. The van der Waals surface area contributed by atoms with Gasteiger partial charge < -0.3 is 10.1 Å². The summed E-state index contributed by atoms with van der Waals surface area (Å²) in [6, 6.07) is 5.29. The fourth-order valence-electron chi connectivity index (χ4n) is 3.96. The number of halogens is 1. The van der Waals surface area contributed by atoms with E-state index in [9.17, 15) is 4.39 Å². The molecule has 2 rings (SSSR count). The molecule has 0 aromatic heterocycles. The summed E-state index contributed by atoms with van der Waals surface area (Å²) >= 11 is 0. The molecule has 118 valence electrons. The molecule has 1 aromatic carbocycles. The molecule has 0 aliphatic heterocycles. The van der Waals surface area contributed by atoms with E-state index in [0.29, 0.717) is 11.5 Å². The van der Waals surface area contributed by atoms with Crippen LogP contribution in [0, 0.1) is 17.2 Å². The maximum atomic E-state index is 13.5. The molecule has 2 nitrogen and oxygen atoms in total. The number of hydrogen-bond donors (Lipinski definition) is 1. The van der Waals surface area contributed by atoms with Crippen molar-refractivity contribution < 1.29 is 9.13 Å². The summed E-state index contributed by atoms with van der Waals surface area (Å²) in [7, 11) is 1.63. The smallest absolute Gasteiger partial charge is 0.123 e. The molecule has 0 bridgehead atoms. The zero-order chi connectivity index (χ0) is 15.6. The minimum atomic E-state index is -0.211. The van der Waals surface area contributed by atoms with Crippen molar-refractivity contribution in [3.05, 3.63) is 29.6 Å². The van der Waals surface area contributed by atoms with Gasteiger partial charge in [0.15, 0.2) is 0 Å². The average Bonchev–Trinajstić information content (AvgIpc) is 2.36. The SMILES string of the molecule is COc1ccc(F)cc1C(C)NC1CC(C)CC(C)(C)C1. The molecule has 0 amide bonds. The number of nitrogens with one attached hydrogen (secondary N) is 1. The Bertz CT molecular complexity index is 486. The zero-order valence-electron chi connectivity index (χ0n) is 13.9. The van der Waals surface area contributed by atoms with E-state index in [0.717, 1.165) is 17.2 Å². The lowest BCUT2D eigenvalue weighted by Gasteiger charge is -2.40. The fraction of sp³-hybridized carbons (Fsp3) is 0.667. The maximum Gasteiger partial charge on any atom is 0.123 e. The second-order valence-electron chi connectivity index (χ2n) is 7.38. The minimum Gasteiger partial charge on any atom is -0.496 e. The third-order valence-electron chi connectivity index (χ3n) is 4.53. The highest BCUT2D eigenvalue weighted by atomic mass is 19.1. The Morgan fingerprint density at radius 3 is 2.67 bits per heavy atom. The number of hydrogen-bond acceptors (Lipinski definition) is 2. The zero-order valence-corrected chi connectivity index (χ0v) is 13.9. The number of rotatable bonds is 4. The van der Waals surface area contributed by atoms with Gasteiger partial charge in [0.2, 0.25) is 0 Å². The highest BCUT2D eigenvalue weighted by Gasteiger charge is 2.32. The molecular formula is C18H28FNO. The molecule has 1 N–H and O–H groups in total. The molecular weight excluding hydrogens is 265 g/mol. The summed E-state index contributed by atoms with van der Waals surface area (Å²) in [5.74, 6) is 1.27. The topological polar surface area (TPSA) is 21.3 Å². The lowest BCUT2D eigenvalue weighted by atomic mass is 9.70. The number of methoxy groups -OCH3 is 1. The van der Waals surface area contributed by atoms with Gasteiger partial charge in [0.05, 0.1) is 7.11 Å². The van der Waals surface area contributed by atoms with Crippen LogP contribution in [0.25, 0.3) is 0 Å². The molecule has 0 radical (unpaired) electrons. The second kappa shape index (κ2) is 6.35. The van der Waals surface area contributed by atoms with Gasteiger partial charge in [-0.3, -0.25) is 0 Å². The van der Waals surface area contributed by atoms with Crippen molar-refractivity contribution in [1.29, 1.82) is 0 Å². The Balaban J connectivity index is 2.10. The van der Waals surface area contributed by atoms with E-state index in [1.807, 2.05) is 0 Å². The average molecular weight is 293 g/mol. The van der Waals surface area contributed by atoms with Crippen LogP contribution in [0.4, 0.5) is 4.39 Å². The normalized spacial score (nSPS) is 26.4. The first-order valence-electron chi connectivity index (χ1n) is 7.90. The van der Waals surface area contributed by atoms with Crippen LogP contribution in [0.3, 0.4) is 0 Å². The monoisotopic (exact) mass is 293 g/mol. The van der Waals surface area contributed by atoms with E-state index in [1.54, 1.807) is 19.2 Å². The summed E-state index contributed by atoms with van der Waals surface area (Å²) in [6.45, 7) is 9.09. The Morgan fingerprint density at radius 2 is 2.05 bits per heavy atom. The van der Waals surface area contributed by atoms with Crippen LogP contribution in [-0.4, -0.2) is 13.2 Å². The molecule has 1 aliphatic carbocycles. The van der Waals surface area contributed by atoms with Gasteiger partial charge in [-0.25, -0.2) is 4.39 Å². The summed E-state index contributed by atoms with van der Waals surface area (Å²) in [5.41, 5.74) is 1.27. The van der Waals surface area contributed by atoms with Crippen LogP contribution in [0.5, 0.6) is 5.75 Å². The molecule has 0 saturated heterocycles. The molecule has 0 spiro atoms. The van der Waals surface area contributed by atoms with Crippen molar-refractivity contribution in [3.8, 4) is 5.75 Å². The van der Waals surface area contributed by atoms with Crippen molar-refractivity contribution in [2.45, 2.75) is 59.0 Å². The summed E-state index contributed by atoms with van der Waals surface area (Å²) in [4.78, 5) is 0.